The Morgan fingerprint density at radius 2 is 0.458 bits per heavy atom. The van der Waals surface area contributed by atoms with E-state index in [4.69, 9.17) is 0 Å². The molecule has 48 heavy (non-hydrogen) atoms. The predicted octanol–water partition coefficient (Wildman–Crippen LogP) is 13.2. The highest BCUT2D eigenvalue weighted by Crippen LogP contribution is 2.34. The third kappa shape index (κ3) is 10.0. The van der Waals surface area contributed by atoms with Gasteiger partial charge in [-0.15, -0.1) is 0 Å². The Morgan fingerprint density at radius 3 is 0.646 bits per heavy atom. The van der Waals surface area contributed by atoms with Crippen LogP contribution in [0, 0.1) is 0 Å². The molecule has 2 heteroatoms. The van der Waals surface area contributed by atoms with Gasteiger partial charge in [0.15, 0.2) is 29.4 Å². The molecular formula is C46H52S2+2. The van der Waals surface area contributed by atoms with Crippen molar-refractivity contribution >= 4 is 21.8 Å². The minimum Gasteiger partial charge on any atom is -0.0683 e. The molecule has 0 amide bonds. The molecule has 0 radical (unpaired) electrons. The molecule has 0 saturated carbocycles. The number of rotatable bonds is 6. The van der Waals surface area contributed by atoms with Crippen LogP contribution in [0.3, 0.4) is 0 Å². The van der Waals surface area contributed by atoms with Crippen LogP contribution in [0.5, 0.6) is 0 Å². The first-order chi connectivity index (χ1) is 23.1. The van der Waals surface area contributed by atoms with E-state index in [0.29, 0.717) is 0 Å². The van der Waals surface area contributed by atoms with E-state index in [-0.39, 0.29) is 32.6 Å². The molecule has 0 aliphatic heterocycles. The fourth-order valence-corrected chi connectivity index (χ4v) is 9.39. The van der Waals surface area contributed by atoms with Gasteiger partial charge < -0.3 is 0 Å². The molecule has 0 atom stereocenters. The number of hydrogen-bond donors (Lipinski definition) is 0. The van der Waals surface area contributed by atoms with Gasteiger partial charge in [0, 0.05) is 0 Å². The molecule has 0 unspecified atom stereocenters. The lowest BCUT2D eigenvalue weighted by molar-refractivity contribution is 0.589. The Morgan fingerprint density at radius 1 is 0.271 bits per heavy atom. The molecule has 246 valence electrons. The van der Waals surface area contributed by atoms with Crippen molar-refractivity contribution in [2.45, 2.75) is 95.6 Å². The van der Waals surface area contributed by atoms with Crippen molar-refractivity contribution in [2.24, 2.45) is 0 Å². The zero-order valence-electron chi connectivity index (χ0n) is 30.0. The molecule has 6 rings (SSSR count). The van der Waals surface area contributed by atoms with Crippen LogP contribution in [0.25, 0.3) is 0 Å². The quantitative estimate of drug-likeness (QED) is 0.155. The lowest BCUT2D eigenvalue weighted by Crippen LogP contribution is -2.11. The van der Waals surface area contributed by atoms with Crippen molar-refractivity contribution < 1.29 is 0 Å². The maximum absolute atomic E-state index is 2.30. The van der Waals surface area contributed by atoms with Gasteiger partial charge in [-0.1, -0.05) is 152 Å². The average Bonchev–Trinajstić information content (AvgIpc) is 3.11. The third-order valence-electron chi connectivity index (χ3n) is 7.83. The third-order valence-corrected chi connectivity index (χ3v) is 12.3. The van der Waals surface area contributed by atoms with Crippen LogP contribution in [-0.2, 0) is 32.6 Å². The van der Waals surface area contributed by atoms with E-state index < -0.39 is 0 Å². The van der Waals surface area contributed by atoms with Gasteiger partial charge in [0.05, 0.1) is 21.8 Å². The molecule has 0 aliphatic carbocycles. The summed E-state index contributed by atoms with van der Waals surface area (Å²) in [6.45, 7) is 17.6. The van der Waals surface area contributed by atoms with Gasteiger partial charge in [0.25, 0.3) is 0 Å². The van der Waals surface area contributed by atoms with E-state index in [1.165, 1.54) is 40.5 Å². The zero-order chi connectivity index (χ0) is 34.6. The molecular weight excluding hydrogens is 617 g/mol. The lowest BCUT2D eigenvalue weighted by Gasteiger charge is -2.19. The molecule has 6 aromatic rings. The van der Waals surface area contributed by atoms with E-state index in [1.54, 1.807) is 0 Å². The molecule has 0 heterocycles. The van der Waals surface area contributed by atoms with Gasteiger partial charge in [0.1, 0.15) is 0 Å². The van der Waals surface area contributed by atoms with Gasteiger partial charge >= 0.3 is 0 Å². The van der Waals surface area contributed by atoms with Crippen LogP contribution in [0.15, 0.2) is 199 Å². The van der Waals surface area contributed by atoms with E-state index in [2.05, 4.69) is 211 Å². The Kier molecular flexibility index (Phi) is 13.4. The Labute approximate surface area is 297 Å². The Bertz CT molecular complexity index is 1530. The zero-order valence-corrected chi connectivity index (χ0v) is 31.6. The van der Waals surface area contributed by atoms with Gasteiger partial charge in [-0.3, -0.25) is 0 Å². The first kappa shape index (κ1) is 36.8. The van der Waals surface area contributed by atoms with Gasteiger partial charge in [-0.2, -0.15) is 0 Å². The van der Waals surface area contributed by atoms with Crippen LogP contribution in [0.1, 0.15) is 66.5 Å². The van der Waals surface area contributed by atoms with Crippen molar-refractivity contribution in [3.8, 4) is 0 Å². The lowest BCUT2D eigenvalue weighted by atomic mass is 9.87. The van der Waals surface area contributed by atoms with E-state index in [9.17, 15) is 0 Å². The topological polar surface area (TPSA) is 0 Å². The summed E-state index contributed by atoms with van der Waals surface area (Å²) in [6.07, 6.45) is 0. The van der Waals surface area contributed by atoms with Crippen LogP contribution in [0.4, 0.5) is 0 Å². The molecule has 0 fully saturated rings. The first-order valence-electron chi connectivity index (χ1n) is 17.0. The molecule has 0 saturated heterocycles. The molecule has 0 spiro atoms. The highest BCUT2D eigenvalue weighted by atomic mass is 32.2. The normalized spacial score (nSPS) is 11.3. The van der Waals surface area contributed by atoms with Gasteiger partial charge in [0.2, 0.25) is 0 Å². The minimum absolute atomic E-state index is 0.0497. The smallest absolute Gasteiger partial charge is 0.0683 e. The van der Waals surface area contributed by atoms with Crippen LogP contribution in [-0.4, -0.2) is 0 Å². The van der Waals surface area contributed by atoms with Crippen molar-refractivity contribution in [2.75, 3.05) is 0 Å². The second-order valence-corrected chi connectivity index (χ2v) is 17.5. The molecule has 0 bridgehead atoms. The summed E-state index contributed by atoms with van der Waals surface area (Å²) in [5.74, 6) is 0. The van der Waals surface area contributed by atoms with E-state index >= 15 is 0 Å². The standard InChI is InChI=1S/2C22H23S.C2H6/c2*1-22(2,3)18-14-16-21(17-15-18)23(19-10-6-4-7-11-19)20-12-8-5-9-13-20;1-2/h2*4-17H,1-3H3;1-2H3/q2*+1;. The highest BCUT2D eigenvalue weighted by Gasteiger charge is 2.30. The van der Waals surface area contributed by atoms with Gasteiger partial charge in [-0.05, 0) is 94.8 Å². The van der Waals surface area contributed by atoms with Crippen molar-refractivity contribution in [3.63, 3.8) is 0 Å². The fourth-order valence-electron chi connectivity index (χ4n) is 5.22. The van der Waals surface area contributed by atoms with E-state index in [1.807, 2.05) is 13.8 Å². The van der Waals surface area contributed by atoms with Gasteiger partial charge in [-0.25, -0.2) is 0 Å². The highest BCUT2D eigenvalue weighted by molar-refractivity contribution is 7.97. The average molecular weight is 669 g/mol. The SMILES string of the molecule is CC.CC(C)(C)c1ccc([S+](c2ccccc2)c2ccccc2)cc1.CC(C)(C)c1ccc([S+](c2ccccc2)c2ccccc2)cc1. The van der Waals surface area contributed by atoms with Crippen molar-refractivity contribution in [1.29, 1.82) is 0 Å². The summed E-state index contributed by atoms with van der Waals surface area (Å²) in [5.41, 5.74) is 3.14. The molecule has 0 N–H and O–H groups in total. The summed E-state index contributed by atoms with van der Waals surface area (Å²) >= 11 is 0. The fraction of sp³-hybridized carbons (Fsp3) is 0.217. The maximum atomic E-state index is 2.30. The monoisotopic (exact) mass is 668 g/mol. The summed E-state index contributed by atoms with van der Waals surface area (Å²) in [7, 11) is -0.0994. The Balaban J connectivity index is 0.000000206. The van der Waals surface area contributed by atoms with Crippen molar-refractivity contribution in [3.05, 3.63) is 181 Å². The van der Waals surface area contributed by atoms with Crippen LogP contribution < -0.4 is 0 Å². The number of hydrogen-bond acceptors (Lipinski definition) is 0. The molecule has 0 aromatic heterocycles. The van der Waals surface area contributed by atoms with Crippen molar-refractivity contribution in [1.82, 2.24) is 0 Å². The largest absolute Gasteiger partial charge is 0.166 e. The summed E-state index contributed by atoms with van der Waals surface area (Å²) in [5, 5.41) is 0. The summed E-state index contributed by atoms with van der Waals surface area (Å²) < 4.78 is 0. The molecule has 6 aromatic carbocycles. The number of benzene rings is 6. The first-order valence-corrected chi connectivity index (χ1v) is 19.5. The Hall–Kier alpha value is -3.98. The van der Waals surface area contributed by atoms with Crippen LogP contribution >= 0.6 is 0 Å². The molecule has 0 aliphatic rings. The second-order valence-electron chi connectivity index (χ2n) is 13.4. The van der Waals surface area contributed by atoms with Crippen LogP contribution in [0.2, 0.25) is 0 Å². The molecule has 0 nitrogen and oxygen atoms in total. The summed E-state index contributed by atoms with van der Waals surface area (Å²) in [6, 6.07) is 61.5. The summed E-state index contributed by atoms with van der Waals surface area (Å²) in [4.78, 5) is 8.19. The van der Waals surface area contributed by atoms with E-state index in [0.717, 1.165) is 0 Å². The predicted molar refractivity (Wildman–Crippen MR) is 212 cm³/mol. The minimum atomic E-state index is -0.0497. The second kappa shape index (κ2) is 17.4. The maximum Gasteiger partial charge on any atom is 0.166 e.